The molecule has 112 valence electrons. The summed E-state index contributed by atoms with van der Waals surface area (Å²) in [5.41, 5.74) is 8.25. The van der Waals surface area contributed by atoms with Crippen LogP contribution in [0.15, 0.2) is 42.5 Å². The molecule has 4 heteroatoms. The second kappa shape index (κ2) is 6.46. The van der Waals surface area contributed by atoms with Gasteiger partial charge in [-0.15, -0.1) is 0 Å². The van der Waals surface area contributed by atoms with Gasteiger partial charge in [-0.05, 0) is 37.6 Å². The molecule has 0 heterocycles. The first-order valence-electron chi connectivity index (χ1n) is 6.94. The molecule has 0 fully saturated rings. The molecule has 21 heavy (non-hydrogen) atoms. The van der Waals surface area contributed by atoms with Crippen LogP contribution in [0.4, 0.5) is 10.1 Å². The summed E-state index contributed by atoms with van der Waals surface area (Å²) in [6.45, 7) is 3.83. The van der Waals surface area contributed by atoms with Crippen molar-refractivity contribution in [1.82, 2.24) is 0 Å². The van der Waals surface area contributed by atoms with Crippen LogP contribution in [-0.2, 0) is 0 Å². The number of hydrogen-bond donors (Lipinski definition) is 1. The van der Waals surface area contributed by atoms with Gasteiger partial charge in [0.25, 0.3) is 0 Å². The molecule has 0 spiro atoms. The molecule has 0 aliphatic carbocycles. The average molecular weight is 307 g/mol. The minimum Gasteiger partial charge on any atom is -0.367 e. The number of nitrogens with zero attached hydrogens (tertiary/aromatic N) is 1. The van der Waals surface area contributed by atoms with Crippen molar-refractivity contribution in [3.63, 3.8) is 0 Å². The molecule has 2 nitrogen and oxygen atoms in total. The predicted molar refractivity (Wildman–Crippen MR) is 87.3 cm³/mol. The Morgan fingerprint density at radius 2 is 1.76 bits per heavy atom. The van der Waals surface area contributed by atoms with Crippen molar-refractivity contribution in [1.29, 1.82) is 0 Å². The number of hydrogen-bond acceptors (Lipinski definition) is 2. The molecular formula is C17H20ClFN2. The summed E-state index contributed by atoms with van der Waals surface area (Å²) in [5, 5.41) is 0.704. The Hall–Kier alpha value is -1.58. The second-order valence-electron chi connectivity index (χ2n) is 5.27. The van der Waals surface area contributed by atoms with E-state index in [4.69, 9.17) is 17.3 Å². The molecule has 0 aromatic heterocycles. The van der Waals surface area contributed by atoms with Gasteiger partial charge in [-0.25, -0.2) is 4.39 Å². The lowest BCUT2D eigenvalue weighted by Gasteiger charge is -2.31. The van der Waals surface area contributed by atoms with Crippen LogP contribution in [0.5, 0.6) is 0 Å². The molecule has 2 atom stereocenters. The van der Waals surface area contributed by atoms with Gasteiger partial charge in [0.1, 0.15) is 5.82 Å². The van der Waals surface area contributed by atoms with Gasteiger partial charge in [-0.1, -0.05) is 35.9 Å². The zero-order valence-corrected chi connectivity index (χ0v) is 13.2. The number of benzene rings is 2. The van der Waals surface area contributed by atoms with Crippen LogP contribution in [-0.4, -0.2) is 7.05 Å². The summed E-state index contributed by atoms with van der Waals surface area (Å²) in [6.07, 6.45) is 0. The lowest BCUT2D eigenvalue weighted by molar-refractivity contribution is 0.590. The van der Waals surface area contributed by atoms with E-state index in [-0.39, 0.29) is 17.9 Å². The highest BCUT2D eigenvalue weighted by molar-refractivity contribution is 6.31. The van der Waals surface area contributed by atoms with Gasteiger partial charge in [0.2, 0.25) is 0 Å². The quantitative estimate of drug-likeness (QED) is 0.887. The van der Waals surface area contributed by atoms with Gasteiger partial charge in [0, 0.05) is 29.4 Å². The summed E-state index contributed by atoms with van der Waals surface area (Å²) in [6, 6.07) is 12.4. The van der Waals surface area contributed by atoms with E-state index in [0.29, 0.717) is 10.6 Å². The molecule has 0 radical (unpaired) electrons. The lowest BCUT2D eigenvalue weighted by atomic mass is 10.0. The van der Waals surface area contributed by atoms with Crippen molar-refractivity contribution < 1.29 is 4.39 Å². The lowest BCUT2D eigenvalue weighted by Crippen LogP contribution is -2.25. The van der Waals surface area contributed by atoms with Gasteiger partial charge >= 0.3 is 0 Å². The molecule has 2 unspecified atom stereocenters. The minimum absolute atomic E-state index is 0.0120. The monoisotopic (exact) mass is 306 g/mol. The fraction of sp³-hybridized carbons (Fsp3) is 0.294. The smallest absolute Gasteiger partial charge is 0.130 e. The minimum atomic E-state index is -0.373. The molecular weight excluding hydrogens is 287 g/mol. The highest BCUT2D eigenvalue weighted by atomic mass is 35.5. The Balaban J connectivity index is 2.43. The number of rotatable bonds is 4. The summed E-state index contributed by atoms with van der Waals surface area (Å²) >= 11 is 6.26. The molecule has 0 saturated heterocycles. The van der Waals surface area contributed by atoms with Crippen molar-refractivity contribution in [2.45, 2.75) is 25.9 Å². The maximum absolute atomic E-state index is 14.1. The van der Waals surface area contributed by atoms with Crippen LogP contribution in [0.2, 0.25) is 5.02 Å². The van der Waals surface area contributed by atoms with E-state index >= 15 is 0 Å². The number of nitrogens with two attached hydrogens (primary N) is 1. The summed E-state index contributed by atoms with van der Waals surface area (Å²) < 4.78 is 14.1. The molecule has 0 saturated carbocycles. The molecule has 0 aliphatic heterocycles. The Labute approximate surface area is 130 Å². The fourth-order valence-corrected chi connectivity index (χ4v) is 2.81. The maximum Gasteiger partial charge on any atom is 0.130 e. The number of anilines is 1. The number of halogens is 2. The first-order chi connectivity index (χ1) is 9.93. The van der Waals surface area contributed by atoms with Crippen LogP contribution in [0.3, 0.4) is 0 Å². The largest absolute Gasteiger partial charge is 0.367 e. The molecule has 0 aliphatic rings. The van der Waals surface area contributed by atoms with Crippen LogP contribution < -0.4 is 10.6 Å². The van der Waals surface area contributed by atoms with Crippen LogP contribution in [0, 0.1) is 5.82 Å². The fourth-order valence-electron chi connectivity index (χ4n) is 2.52. The topological polar surface area (TPSA) is 29.3 Å². The van der Waals surface area contributed by atoms with E-state index in [1.807, 2.05) is 49.2 Å². The van der Waals surface area contributed by atoms with Crippen molar-refractivity contribution in [3.8, 4) is 0 Å². The molecule has 2 rings (SSSR count). The Morgan fingerprint density at radius 3 is 2.38 bits per heavy atom. The molecule has 0 bridgehead atoms. The molecule has 2 N–H and O–H groups in total. The average Bonchev–Trinajstić information content (AvgIpc) is 2.45. The SMILES string of the molecule is CC(N)c1c(F)cccc1N(C)C(C)c1ccccc1Cl. The van der Waals surface area contributed by atoms with E-state index in [1.165, 1.54) is 6.07 Å². The Bertz CT molecular complexity index is 628. The predicted octanol–water partition coefficient (Wildman–Crippen LogP) is 4.70. The standard InChI is InChI=1S/C17H20ClFN2/c1-11(20)17-15(19)9-6-10-16(17)21(3)12(2)13-7-4-5-8-14(13)18/h4-12H,20H2,1-3H3. The Kier molecular flexibility index (Phi) is 4.86. The molecule has 0 amide bonds. The van der Waals surface area contributed by atoms with Gasteiger partial charge in [0.05, 0.1) is 6.04 Å². The van der Waals surface area contributed by atoms with Crippen LogP contribution in [0.25, 0.3) is 0 Å². The van der Waals surface area contributed by atoms with Crippen molar-refractivity contribution in [2.75, 3.05) is 11.9 Å². The van der Waals surface area contributed by atoms with Crippen molar-refractivity contribution in [2.24, 2.45) is 5.73 Å². The highest BCUT2D eigenvalue weighted by Crippen LogP contribution is 2.34. The zero-order chi connectivity index (χ0) is 15.6. The third-order valence-corrected chi connectivity index (χ3v) is 4.15. The van der Waals surface area contributed by atoms with E-state index in [2.05, 4.69) is 0 Å². The van der Waals surface area contributed by atoms with Gasteiger partial charge in [0.15, 0.2) is 0 Å². The van der Waals surface area contributed by atoms with Gasteiger partial charge in [-0.2, -0.15) is 0 Å². The Morgan fingerprint density at radius 1 is 1.10 bits per heavy atom. The second-order valence-corrected chi connectivity index (χ2v) is 5.68. The summed E-state index contributed by atoms with van der Waals surface area (Å²) in [7, 11) is 1.93. The highest BCUT2D eigenvalue weighted by Gasteiger charge is 2.20. The van der Waals surface area contributed by atoms with Crippen LogP contribution in [0.1, 0.15) is 37.1 Å². The van der Waals surface area contributed by atoms with E-state index in [0.717, 1.165) is 11.3 Å². The first kappa shape index (κ1) is 15.8. The summed E-state index contributed by atoms with van der Waals surface area (Å²) in [5.74, 6) is -0.277. The van der Waals surface area contributed by atoms with E-state index < -0.39 is 0 Å². The van der Waals surface area contributed by atoms with E-state index in [1.54, 1.807) is 13.0 Å². The first-order valence-corrected chi connectivity index (χ1v) is 7.32. The van der Waals surface area contributed by atoms with Gasteiger partial charge < -0.3 is 10.6 Å². The molecule has 2 aromatic rings. The van der Waals surface area contributed by atoms with Crippen LogP contribution >= 0.6 is 11.6 Å². The summed E-state index contributed by atoms with van der Waals surface area (Å²) in [4.78, 5) is 2.00. The molecule has 2 aromatic carbocycles. The van der Waals surface area contributed by atoms with Gasteiger partial charge in [-0.3, -0.25) is 0 Å². The van der Waals surface area contributed by atoms with Crippen molar-refractivity contribution >= 4 is 17.3 Å². The van der Waals surface area contributed by atoms with Crippen molar-refractivity contribution in [3.05, 3.63) is 64.4 Å². The maximum atomic E-state index is 14.1. The third kappa shape index (κ3) is 3.20. The van der Waals surface area contributed by atoms with E-state index in [9.17, 15) is 4.39 Å². The third-order valence-electron chi connectivity index (χ3n) is 3.80. The zero-order valence-electron chi connectivity index (χ0n) is 12.5. The normalized spacial score (nSPS) is 13.8.